The van der Waals surface area contributed by atoms with Crippen LogP contribution < -0.4 is 11.5 Å². The predicted molar refractivity (Wildman–Crippen MR) is 55.6 cm³/mol. The zero-order valence-corrected chi connectivity index (χ0v) is 7.99. The maximum atomic E-state index is 5.32. The molecule has 0 saturated carbocycles. The highest BCUT2D eigenvalue weighted by molar-refractivity contribution is 5.85. The first-order chi connectivity index (χ1) is 4.83. The number of nitrogens with zero attached hydrogens (tertiary/aromatic N) is 1. The third kappa shape index (κ3) is 4.23. The first kappa shape index (κ1) is 13.9. The largest absolute Gasteiger partial charge is 0.369 e. The molecule has 0 radical (unpaired) electrons. The number of aromatic amines is 1. The lowest BCUT2D eigenvalue weighted by Gasteiger charge is -1.79. The third-order valence-electron chi connectivity index (χ3n) is 1.04. The van der Waals surface area contributed by atoms with Crippen molar-refractivity contribution in [2.24, 2.45) is 5.73 Å². The van der Waals surface area contributed by atoms with E-state index in [-0.39, 0.29) is 24.8 Å². The quantitative estimate of drug-likeness (QED) is 0.676. The number of nitrogens with one attached hydrogen (secondary N) is 1. The molecule has 0 aliphatic carbocycles. The van der Waals surface area contributed by atoms with E-state index in [1.54, 1.807) is 6.20 Å². The average molecular weight is 211 g/mol. The van der Waals surface area contributed by atoms with Crippen molar-refractivity contribution in [3.63, 3.8) is 0 Å². The van der Waals surface area contributed by atoms with E-state index < -0.39 is 0 Å². The van der Waals surface area contributed by atoms with Gasteiger partial charge in [-0.15, -0.1) is 24.8 Å². The second kappa shape index (κ2) is 6.97. The van der Waals surface area contributed by atoms with Gasteiger partial charge in [-0.1, -0.05) is 6.08 Å². The number of aromatic nitrogens is 2. The maximum Gasteiger partial charge on any atom is 0.198 e. The summed E-state index contributed by atoms with van der Waals surface area (Å²) in [6.45, 7) is 0.521. The molecule has 1 aromatic rings. The van der Waals surface area contributed by atoms with Gasteiger partial charge in [0.05, 0.1) is 5.69 Å². The van der Waals surface area contributed by atoms with E-state index in [4.69, 9.17) is 11.5 Å². The van der Waals surface area contributed by atoms with Crippen molar-refractivity contribution in [1.29, 1.82) is 0 Å². The zero-order chi connectivity index (χ0) is 7.40. The van der Waals surface area contributed by atoms with Crippen LogP contribution in [0.5, 0.6) is 0 Å². The Balaban J connectivity index is 0. The number of nitrogen functional groups attached to an aromatic ring is 1. The topological polar surface area (TPSA) is 80.7 Å². The van der Waals surface area contributed by atoms with Gasteiger partial charge in [-0.05, 0) is 6.08 Å². The van der Waals surface area contributed by atoms with Crippen molar-refractivity contribution in [1.82, 2.24) is 9.97 Å². The zero-order valence-electron chi connectivity index (χ0n) is 6.36. The van der Waals surface area contributed by atoms with Gasteiger partial charge in [-0.25, -0.2) is 4.98 Å². The highest BCUT2D eigenvalue weighted by atomic mass is 35.5. The van der Waals surface area contributed by atoms with E-state index in [0.29, 0.717) is 12.5 Å². The monoisotopic (exact) mass is 210 g/mol. The van der Waals surface area contributed by atoms with Gasteiger partial charge in [-0.3, -0.25) is 0 Å². The Morgan fingerprint density at radius 3 is 2.58 bits per heavy atom. The number of rotatable bonds is 2. The van der Waals surface area contributed by atoms with Crippen molar-refractivity contribution >= 4 is 36.8 Å². The van der Waals surface area contributed by atoms with Gasteiger partial charge in [0.25, 0.3) is 0 Å². The summed E-state index contributed by atoms with van der Waals surface area (Å²) in [5, 5.41) is 0. The van der Waals surface area contributed by atoms with E-state index >= 15 is 0 Å². The Morgan fingerprint density at radius 2 is 2.17 bits per heavy atom. The van der Waals surface area contributed by atoms with Gasteiger partial charge in [0.15, 0.2) is 5.95 Å². The summed E-state index contributed by atoms with van der Waals surface area (Å²) < 4.78 is 0. The third-order valence-corrected chi connectivity index (χ3v) is 1.04. The summed E-state index contributed by atoms with van der Waals surface area (Å²) in [5.41, 5.74) is 11.4. The van der Waals surface area contributed by atoms with E-state index in [0.717, 1.165) is 5.69 Å². The lowest BCUT2D eigenvalue weighted by molar-refractivity contribution is 1.26. The molecule has 5 N–H and O–H groups in total. The van der Waals surface area contributed by atoms with Crippen LogP contribution in [0.3, 0.4) is 0 Å². The highest BCUT2D eigenvalue weighted by Gasteiger charge is 1.89. The minimum atomic E-state index is 0. The minimum absolute atomic E-state index is 0. The molecule has 70 valence electrons. The Kier molecular flexibility index (Phi) is 8.04. The number of hydrogen-bond donors (Lipinski definition) is 3. The average Bonchev–Trinajstić information content (AvgIpc) is 2.31. The molecule has 12 heavy (non-hydrogen) atoms. The summed E-state index contributed by atoms with van der Waals surface area (Å²) in [5.74, 6) is 0.427. The van der Waals surface area contributed by atoms with Gasteiger partial charge < -0.3 is 16.5 Å². The van der Waals surface area contributed by atoms with E-state index in [2.05, 4.69) is 9.97 Å². The standard InChI is InChI=1S/C6H10N4.2ClH/c7-3-1-2-5-4-9-6(8)10-5;;/h1-2,4H,3,7H2,(H3,8,9,10);2*1H. The smallest absolute Gasteiger partial charge is 0.198 e. The van der Waals surface area contributed by atoms with Crippen molar-refractivity contribution in [2.45, 2.75) is 0 Å². The molecule has 0 aromatic carbocycles. The molecule has 1 heterocycles. The summed E-state index contributed by atoms with van der Waals surface area (Å²) in [6.07, 6.45) is 5.35. The first-order valence-electron chi connectivity index (χ1n) is 3.00. The van der Waals surface area contributed by atoms with Gasteiger partial charge >= 0.3 is 0 Å². The van der Waals surface area contributed by atoms with Crippen LogP contribution in [0.15, 0.2) is 12.3 Å². The molecule has 0 amide bonds. The van der Waals surface area contributed by atoms with Gasteiger partial charge in [0.2, 0.25) is 0 Å². The van der Waals surface area contributed by atoms with Crippen LogP contribution in [0.25, 0.3) is 6.08 Å². The van der Waals surface area contributed by atoms with Crippen LogP contribution in [0.4, 0.5) is 5.95 Å². The molecular formula is C6H12Cl2N4. The fourth-order valence-corrected chi connectivity index (χ4v) is 0.626. The summed E-state index contributed by atoms with van der Waals surface area (Å²) in [6, 6.07) is 0. The number of hydrogen-bond acceptors (Lipinski definition) is 3. The van der Waals surface area contributed by atoms with E-state index in [1.807, 2.05) is 12.2 Å². The Morgan fingerprint density at radius 1 is 1.50 bits per heavy atom. The van der Waals surface area contributed by atoms with Crippen LogP contribution in [-0.4, -0.2) is 16.5 Å². The predicted octanol–water partition coefficient (Wildman–Crippen LogP) is 0.807. The molecule has 0 aliphatic heterocycles. The lowest BCUT2D eigenvalue weighted by Crippen LogP contribution is -1.92. The molecule has 4 nitrogen and oxygen atoms in total. The normalized spacial score (nSPS) is 9.08. The number of imidazole rings is 1. The number of anilines is 1. The molecule has 0 fully saturated rings. The van der Waals surface area contributed by atoms with Crippen LogP contribution in [0.1, 0.15) is 5.69 Å². The highest BCUT2D eigenvalue weighted by Crippen LogP contribution is 1.98. The Bertz CT molecular complexity index is 233. The molecule has 1 aromatic heterocycles. The molecule has 0 atom stereocenters. The molecular weight excluding hydrogens is 199 g/mol. The van der Waals surface area contributed by atoms with Crippen molar-refractivity contribution in [3.8, 4) is 0 Å². The van der Waals surface area contributed by atoms with Crippen LogP contribution >= 0.6 is 24.8 Å². The van der Waals surface area contributed by atoms with Crippen LogP contribution in [0.2, 0.25) is 0 Å². The fourth-order valence-electron chi connectivity index (χ4n) is 0.626. The maximum absolute atomic E-state index is 5.32. The summed E-state index contributed by atoms with van der Waals surface area (Å²) >= 11 is 0. The molecule has 0 unspecified atom stereocenters. The number of nitrogens with two attached hydrogens (primary N) is 2. The molecule has 0 saturated heterocycles. The van der Waals surface area contributed by atoms with Crippen molar-refractivity contribution in [2.75, 3.05) is 12.3 Å². The first-order valence-corrected chi connectivity index (χ1v) is 3.00. The summed E-state index contributed by atoms with van der Waals surface area (Å²) in [4.78, 5) is 6.68. The second-order valence-electron chi connectivity index (χ2n) is 1.85. The van der Waals surface area contributed by atoms with Gasteiger partial charge in [-0.2, -0.15) is 0 Å². The van der Waals surface area contributed by atoms with Gasteiger partial charge in [0.1, 0.15) is 0 Å². The summed E-state index contributed by atoms with van der Waals surface area (Å²) in [7, 11) is 0. The SMILES string of the molecule is Cl.Cl.NCC=Cc1c[nH]c(N)n1. The molecule has 0 spiro atoms. The lowest BCUT2D eigenvalue weighted by atomic mass is 10.4. The molecule has 0 aliphatic rings. The second-order valence-corrected chi connectivity index (χ2v) is 1.85. The number of halogens is 2. The van der Waals surface area contributed by atoms with Crippen LogP contribution in [-0.2, 0) is 0 Å². The fraction of sp³-hybridized carbons (Fsp3) is 0.167. The van der Waals surface area contributed by atoms with Crippen molar-refractivity contribution in [3.05, 3.63) is 18.0 Å². The Labute approximate surface area is 83.3 Å². The van der Waals surface area contributed by atoms with E-state index in [1.165, 1.54) is 0 Å². The van der Waals surface area contributed by atoms with Gasteiger partial charge in [0, 0.05) is 12.7 Å². The number of H-pyrrole nitrogens is 1. The van der Waals surface area contributed by atoms with Crippen LogP contribution in [0, 0.1) is 0 Å². The van der Waals surface area contributed by atoms with E-state index in [9.17, 15) is 0 Å². The molecule has 6 heteroatoms. The molecule has 0 bridgehead atoms. The molecule has 1 rings (SSSR count). The minimum Gasteiger partial charge on any atom is -0.369 e. The Hall–Kier alpha value is -0.710. The van der Waals surface area contributed by atoms with Crippen molar-refractivity contribution < 1.29 is 0 Å².